The van der Waals surface area contributed by atoms with Crippen molar-refractivity contribution in [2.24, 2.45) is 0 Å². The van der Waals surface area contributed by atoms with Gasteiger partial charge in [-0.15, -0.1) is 22.7 Å². The van der Waals surface area contributed by atoms with E-state index in [0.717, 1.165) is 36.3 Å². The molecule has 3 heteroatoms. The van der Waals surface area contributed by atoms with E-state index < -0.39 is 0 Å². The Kier molecular flexibility index (Phi) is 10.5. The van der Waals surface area contributed by atoms with E-state index in [4.69, 9.17) is 0 Å². The lowest BCUT2D eigenvalue weighted by Gasteiger charge is -2.26. The summed E-state index contributed by atoms with van der Waals surface area (Å²) in [5.74, 6) is 0.460. The van der Waals surface area contributed by atoms with E-state index in [1.807, 2.05) is 22.7 Å². The average molecular weight is 722 g/mol. The van der Waals surface area contributed by atoms with Gasteiger partial charge in [-0.2, -0.15) is 0 Å². The summed E-state index contributed by atoms with van der Waals surface area (Å²) < 4.78 is 0. The molecule has 2 heterocycles. The molecule has 2 aromatic heterocycles. The van der Waals surface area contributed by atoms with Crippen LogP contribution >= 0.6 is 22.7 Å². The third-order valence-corrected chi connectivity index (χ3v) is 12.2. The molecule has 6 aromatic carbocycles. The van der Waals surface area contributed by atoms with Gasteiger partial charge in [0.15, 0.2) is 0 Å². The highest BCUT2D eigenvalue weighted by Crippen LogP contribution is 2.38. The summed E-state index contributed by atoms with van der Waals surface area (Å²) in [7, 11) is 0. The van der Waals surface area contributed by atoms with Crippen LogP contribution in [0, 0.1) is 13.8 Å². The molecule has 53 heavy (non-hydrogen) atoms. The van der Waals surface area contributed by atoms with Crippen molar-refractivity contribution in [2.75, 3.05) is 4.90 Å². The highest BCUT2D eigenvalue weighted by atomic mass is 32.1. The van der Waals surface area contributed by atoms with E-state index in [2.05, 4.69) is 201 Å². The van der Waals surface area contributed by atoms with Crippen molar-refractivity contribution in [1.29, 1.82) is 0 Å². The van der Waals surface area contributed by atoms with E-state index >= 15 is 0 Å². The van der Waals surface area contributed by atoms with Crippen molar-refractivity contribution >= 4 is 39.7 Å². The summed E-state index contributed by atoms with van der Waals surface area (Å²) >= 11 is 3.70. The van der Waals surface area contributed by atoms with Gasteiger partial charge in [0.25, 0.3) is 0 Å². The zero-order valence-electron chi connectivity index (χ0n) is 30.3. The molecule has 0 saturated carbocycles. The molecule has 0 fully saturated rings. The standard InChI is InChI=1S/C50H43NS2/c1-36-13-33-49(52-36)43-22-18-39(19-23-43)35-45(40-9-5-3-6-10-40)24-17-38-15-20-41(21-16-38)42-25-29-47(30-26-42)51(46-11-7-4-8-12-46)48-31-27-44(28-32-48)50-34-14-37(2)53-50/h3-16,18-23,25-34,45H,17,24,35H2,1-2H3. The molecule has 0 bridgehead atoms. The fourth-order valence-corrected chi connectivity index (χ4v) is 8.93. The van der Waals surface area contributed by atoms with Crippen LogP contribution in [0.1, 0.15) is 38.8 Å². The number of anilines is 3. The van der Waals surface area contributed by atoms with Gasteiger partial charge < -0.3 is 4.90 Å². The molecule has 8 rings (SSSR count). The van der Waals surface area contributed by atoms with Crippen LogP contribution in [0.2, 0.25) is 0 Å². The van der Waals surface area contributed by atoms with Gasteiger partial charge in [0.05, 0.1) is 0 Å². The van der Waals surface area contributed by atoms with Crippen LogP contribution in [0.4, 0.5) is 17.1 Å². The molecule has 260 valence electrons. The maximum Gasteiger partial charge on any atom is 0.0462 e. The number of nitrogens with zero attached hydrogens (tertiary/aromatic N) is 1. The molecule has 0 aliphatic rings. The largest absolute Gasteiger partial charge is 0.311 e. The van der Waals surface area contributed by atoms with Crippen molar-refractivity contribution in [3.8, 4) is 32.0 Å². The molecule has 0 N–H and O–H groups in total. The Hall–Kier alpha value is -5.48. The van der Waals surface area contributed by atoms with Crippen LogP contribution in [0.5, 0.6) is 0 Å². The van der Waals surface area contributed by atoms with Crippen LogP contribution in [0.3, 0.4) is 0 Å². The van der Waals surface area contributed by atoms with Crippen molar-refractivity contribution < 1.29 is 0 Å². The van der Waals surface area contributed by atoms with E-state index in [-0.39, 0.29) is 0 Å². The first-order valence-corrected chi connectivity index (χ1v) is 20.1. The molecule has 1 unspecified atom stereocenters. The number of aryl methyl sites for hydroxylation is 3. The van der Waals surface area contributed by atoms with Gasteiger partial charge in [0.2, 0.25) is 0 Å². The number of thiophene rings is 2. The van der Waals surface area contributed by atoms with Crippen LogP contribution in [0.25, 0.3) is 32.0 Å². The molecular weight excluding hydrogens is 679 g/mol. The Morgan fingerprint density at radius 1 is 0.415 bits per heavy atom. The number of benzene rings is 6. The first-order chi connectivity index (χ1) is 26.1. The SMILES string of the molecule is Cc1ccc(-c2ccc(CC(CCc3ccc(-c4ccc(N(c5ccccc5)c5ccc(-c6ccc(C)s6)cc5)cc4)cc3)c3ccccc3)cc2)s1. The second-order valence-electron chi connectivity index (χ2n) is 13.8. The first-order valence-electron chi connectivity index (χ1n) is 18.5. The summed E-state index contributed by atoms with van der Waals surface area (Å²) in [6.07, 6.45) is 3.19. The molecule has 0 amide bonds. The monoisotopic (exact) mass is 721 g/mol. The molecule has 0 spiro atoms. The van der Waals surface area contributed by atoms with Gasteiger partial charge in [0, 0.05) is 36.6 Å². The first kappa shape index (κ1) is 34.6. The highest BCUT2D eigenvalue weighted by Gasteiger charge is 2.15. The Bertz CT molecular complexity index is 2350. The normalized spacial score (nSPS) is 11.7. The van der Waals surface area contributed by atoms with E-state index in [1.54, 1.807) is 0 Å². The minimum Gasteiger partial charge on any atom is -0.311 e. The van der Waals surface area contributed by atoms with Gasteiger partial charge in [-0.1, -0.05) is 121 Å². The van der Waals surface area contributed by atoms with Gasteiger partial charge in [-0.25, -0.2) is 0 Å². The maximum absolute atomic E-state index is 2.33. The topological polar surface area (TPSA) is 3.24 Å². The lowest BCUT2D eigenvalue weighted by molar-refractivity contribution is 0.621. The van der Waals surface area contributed by atoms with Gasteiger partial charge in [-0.05, 0) is 139 Å². The minimum absolute atomic E-state index is 0.460. The molecule has 8 aromatic rings. The smallest absolute Gasteiger partial charge is 0.0462 e. The van der Waals surface area contributed by atoms with Crippen LogP contribution in [-0.2, 0) is 12.8 Å². The van der Waals surface area contributed by atoms with Crippen molar-refractivity contribution in [3.63, 3.8) is 0 Å². The van der Waals surface area contributed by atoms with Crippen molar-refractivity contribution in [2.45, 2.75) is 39.0 Å². The Balaban J connectivity index is 0.961. The lowest BCUT2D eigenvalue weighted by Crippen LogP contribution is -2.09. The predicted molar refractivity (Wildman–Crippen MR) is 230 cm³/mol. The third kappa shape index (κ3) is 8.28. The van der Waals surface area contributed by atoms with E-state index in [0.29, 0.717) is 5.92 Å². The lowest BCUT2D eigenvalue weighted by atomic mass is 9.86. The zero-order valence-corrected chi connectivity index (χ0v) is 31.9. The molecule has 0 saturated heterocycles. The molecule has 0 aliphatic carbocycles. The molecule has 1 nitrogen and oxygen atoms in total. The van der Waals surface area contributed by atoms with E-state index in [9.17, 15) is 0 Å². The van der Waals surface area contributed by atoms with Gasteiger partial charge in [-0.3, -0.25) is 0 Å². The van der Waals surface area contributed by atoms with Gasteiger partial charge >= 0.3 is 0 Å². The molecule has 0 radical (unpaired) electrons. The van der Waals surface area contributed by atoms with Crippen LogP contribution < -0.4 is 4.90 Å². The summed E-state index contributed by atoms with van der Waals surface area (Å²) in [5, 5.41) is 0. The summed E-state index contributed by atoms with van der Waals surface area (Å²) in [6.45, 7) is 4.33. The number of hydrogen-bond acceptors (Lipinski definition) is 3. The number of para-hydroxylation sites is 1. The minimum atomic E-state index is 0.460. The summed E-state index contributed by atoms with van der Waals surface area (Å²) in [4.78, 5) is 7.66. The average Bonchev–Trinajstić information content (AvgIpc) is 3.86. The maximum atomic E-state index is 2.33. The van der Waals surface area contributed by atoms with Gasteiger partial charge in [0.1, 0.15) is 0 Å². The Morgan fingerprint density at radius 2 is 0.849 bits per heavy atom. The number of hydrogen-bond donors (Lipinski definition) is 0. The van der Waals surface area contributed by atoms with Crippen LogP contribution in [-0.4, -0.2) is 0 Å². The Labute approximate surface area is 322 Å². The number of rotatable bonds is 12. The summed E-state index contributed by atoms with van der Waals surface area (Å²) in [5.41, 5.74) is 12.6. The fraction of sp³-hybridized carbons (Fsp3) is 0.120. The Morgan fingerprint density at radius 3 is 1.36 bits per heavy atom. The zero-order chi connectivity index (χ0) is 36.0. The second kappa shape index (κ2) is 16.0. The predicted octanol–water partition coefficient (Wildman–Crippen LogP) is 14.9. The highest BCUT2D eigenvalue weighted by molar-refractivity contribution is 7.15. The molecule has 1 atom stereocenters. The quantitative estimate of drug-likeness (QED) is 0.121. The van der Waals surface area contributed by atoms with Crippen molar-refractivity contribution in [1.82, 2.24) is 0 Å². The summed E-state index contributed by atoms with van der Waals surface area (Å²) in [6, 6.07) is 66.9. The van der Waals surface area contributed by atoms with Crippen molar-refractivity contribution in [3.05, 3.63) is 208 Å². The van der Waals surface area contributed by atoms with Crippen LogP contribution in [0.15, 0.2) is 182 Å². The molecular formula is C50H43NS2. The third-order valence-electron chi connectivity index (χ3n) is 10.1. The second-order valence-corrected chi connectivity index (χ2v) is 16.4. The fourth-order valence-electron chi connectivity index (χ4n) is 7.19. The molecule has 0 aliphatic heterocycles. The van der Waals surface area contributed by atoms with E-state index in [1.165, 1.54) is 58.5 Å².